The number of ether oxygens (including phenoxy) is 8. The third kappa shape index (κ3) is 2.81. The van der Waals surface area contributed by atoms with Gasteiger partial charge in [-0.2, -0.15) is 0 Å². The SMILES string of the molecule is COc1cc2c(cc1C1OCC3(OC(C)=O)C(c4ccc5c(c4)OCO5)OCC13)OCO2. The summed E-state index contributed by atoms with van der Waals surface area (Å²) >= 11 is 0. The minimum Gasteiger partial charge on any atom is -0.496 e. The van der Waals surface area contributed by atoms with Crippen molar-refractivity contribution in [3.8, 4) is 28.7 Å². The van der Waals surface area contributed by atoms with Crippen LogP contribution in [-0.4, -0.2) is 45.5 Å². The lowest BCUT2D eigenvalue weighted by molar-refractivity contribution is -0.167. The zero-order chi connectivity index (χ0) is 21.9. The molecular formula is C23H22O9. The summed E-state index contributed by atoms with van der Waals surface area (Å²) in [5, 5.41) is 0. The molecule has 4 unspecified atom stereocenters. The molecule has 2 fully saturated rings. The van der Waals surface area contributed by atoms with Crippen LogP contribution in [0.3, 0.4) is 0 Å². The first kappa shape index (κ1) is 19.5. The van der Waals surface area contributed by atoms with Crippen LogP contribution in [0.4, 0.5) is 0 Å². The van der Waals surface area contributed by atoms with Gasteiger partial charge in [0.2, 0.25) is 13.6 Å². The first-order chi connectivity index (χ1) is 15.6. The van der Waals surface area contributed by atoms with Crippen molar-refractivity contribution in [3.05, 3.63) is 41.5 Å². The maximum Gasteiger partial charge on any atom is 0.303 e. The van der Waals surface area contributed by atoms with Crippen LogP contribution >= 0.6 is 0 Å². The van der Waals surface area contributed by atoms with Gasteiger partial charge in [-0.15, -0.1) is 0 Å². The van der Waals surface area contributed by atoms with E-state index in [4.69, 9.17) is 37.9 Å². The molecule has 0 aliphatic carbocycles. The van der Waals surface area contributed by atoms with Crippen LogP contribution < -0.4 is 23.7 Å². The molecule has 6 rings (SSSR count). The second kappa shape index (κ2) is 7.18. The number of carbonyl (C=O) groups excluding carboxylic acids is 1. The summed E-state index contributed by atoms with van der Waals surface area (Å²) in [6.45, 7) is 2.25. The van der Waals surface area contributed by atoms with Gasteiger partial charge in [-0.05, 0) is 23.8 Å². The van der Waals surface area contributed by atoms with E-state index in [9.17, 15) is 4.79 Å². The molecule has 4 aliphatic rings. The predicted octanol–water partition coefficient (Wildman–Crippen LogP) is 2.91. The first-order valence-electron chi connectivity index (χ1n) is 10.4. The molecule has 4 heterocycles. The van der Waals surface area contributed by atoms with Crippen molar-refractivity contribution in [2.45, 2.75) is 24.7 Å². The summed E-state index contributed by atoms with van der Waals surface area (Å²) in [6.07, 6.45) is -0.936. The topological polar surface area (TPSA) is 90.9 Å². The highest BCUT2D eigenvalue weighted by Gasteiger charge is 2.63. The summed E-state index contributed by atoms with van der Waals surface area (Å²) in [5.74, 6) is 2.53. The van der Waals surface area contributed by atoms with Crippen LogP contribution in [0.25, 0.3) is 0 Å². The van der Waals surface area contributed by atoms with Gasteiger partial charge in [-0.3, -0.25) is 4.79 Å². The Kier molecular flexibility index (Phi) is 4.38. The number of rotatable bonds is 4. The van der Waals surface area contributed by atoms with Gasteiger partial charge < -0.3 is 37.9 Å². The lowest BCUT2D eigenvalue weighted by Gasteiger charge is -2.32. The zero-order valence-electron chi connectivity index (χ0n) is 17.6. The Hall–Kier alpha value is -3.17. The standard InChI is InChI=1S/C23H22O9/c1-12(24)32-23-9-27-21(14-6-19-20(31-11-30-19)7-17(14)25-2)15(23)8-26-22(23)13-3-4-16-18(5-13)29-10-28-16/h3-7,15,21-22H,8-11H2,1-2H3. The Labute approximate surface area is 184 Å². The van der Waals surface area contributed by atoms with Crippen LogP contribution in [-0.2, 0) is 19.0 Å². The quantitative estimate of drug-likeness (QED) is 0.663. The van der Waals surface area contributed by atoms with E-state index < -0.39 is 23.8 Å². The van der Waals surface area contributed by atoms with Crippen molar-refractivity contribution in [3.63, 3.8) is 0 Å². The van der Waals surface area contributed by atoms with Crippen molar-refractivity contribution in [1.82, 2.24) is 0 Å². The molecule has 4 aliphatic heterocycles. The minimum absolute atomic E-state index is 0.156. The Morgan fingerprint density at radius 1 is 0.969 bits per heavy atom. The Bertz CT molecular complexity index is 1080. The second-order valence-electron chi connectivity index (χ2n) is 8.16. The third-order valence-corrected chi connectivity index (χ3v) is 6.43. The molecule has 2 aromatic rings. The van der Waals surface area contributed by atoms with Crippen LogP contribution in [0.2, 0.25) is 0 Å². The van der Waals surface area contributed by atoms with Crippen LogP contribution in [0.1, 0.15) is 30.3 Å². The number of esters is 1. The molecule has 2 saturated heterocycles. The Balaban J connectivity index is 1.39. The Morgan fingerprint density at radius 3 is 2.44 bits per heavy atom. The van der Waals surface area contributed by atoms with Gasteiger partial charge >= 0.3 is 5.97 Å². The van der Waals surface area contributed by atoms with Crippen molar-refractivity contribution >= 4 is 5.97 Å². The normalized spacial score (nSPS) is 29.1. The number of fused-ring (bicyclic) bond motifs is 3. The van der Waals surface area contributed by atoms with E-state index in [1.54, 1.807) is 13.2 Å². The number of hydrogen-bond acceptors (Lipinski definition) is 9. The third-order valence-electron chi connectivity index (χ3n) is 6.43. The number of benzene rings is 2. The highest BCUT2D eigenvalue weighted by atomic mass is 16.7. The molecule has 0 bridgehead atoms. The van der Waals surface area contributed by atoms with Crippen molar-refractivity contribution < 1.29 is 42.7 Å². The van der Waals surface area contributed by atoms with E-state index >= 15 is 0 Å². The Morgan fingerprint density at radius 2 is 1.69 bits per heavy atom. The average molecular weight is 442 g/mol. The lowest BCUT2D eigenvalue weighted by Crippen LogP contribution is -2.43. The lowest BCUT2D eigenvalue weighted by atomic mass is 9.80. The zero-order valence-corrected chi connectivity index (χ0v) is 17.6. The van der Waals surface area contributed by atoms with Crippen molar-refractivity contribution in [1.29, 1.82) is 0 Å². The fourth-order valence-corrected chi connectivity index (χ4v) is 5.06. The van der Waals surface area contributed by atoms with Crippen molar-refractivity contribution in [2.24, 2.45) is 5.92 Å². The number of hydrogen-bond donors (Lipinski definition) is 0. The van der Waals surface area contributed by atoms with Gasteiger partial charge in [0.05, 0.1) is 32.3 Å². The summed E-state index contributed by atoms with van der Waals surface area (Å²) in [4.78, 5) is 12.2. The first-order valence-corrected chi connectivity index (χ1v) is 10.4. The number of methoxy groups -OCH3 is 1. The van der Waals surface area contributed by atoms with Crippen LogP contribution in [0, 0.1) is 5.92 Å². The van der Waals surface area contributed by atoms with Gasteiger partial charge in [0, 0.05) is 18.6 Å². The van der Waals surface area contributed by atoms with Crippen molar-refractivity contribution in [2.75, 3.05) is 33.9 Å². The monoisotopic (exact) mass is 442 g/mol. The second-order valence-corrected chi connectivity index (χ2v) is 8.16. The molecule has 2 aromatic carbocycles. The van der Waals surface area contributed by atoms with E-state index in [1.807, 2.05) is 24.3 Å². The van der Waals surface area contributed by atoms with E-state index in [1.165, 1.54) is 6.92 Å². The molecule has 9 heteroatoms. The molecule has 168 valence electrons. The molecule has 0 radical (unpaired) electrons. The van der Waals surface area contributed by atoms with E-state index in [2.05, 4.69) is 0 Å². The summed E-state index contributed by atoms with van der Waals surface area (Å²) < 4.78 is 46.1. The van der Waals surface area contributed by atoms with Gasteiger partial charge in [0.1, 0.15) is 11.9 Å². The molecule has 0 amide bonds. The van der Waals surface area contributed by atoms with Gasteiger partial charge in [0.15, 0.2) is 28.6 Å². The van der Waals surface area contributed by atoms with E-state index in [-0.39, 0.29) is 26.1 Å². The van der Waals surface area contributed by atoms with Gasteiger partial charge in [-0.1, -0.05) is 6.07 Å². The van der Waals surface area contributed by atoms with E-state index in [0.717, 1.165) is 11.1 Å². The highest BCUT2D eigenvalue weighted by molar-refractivity contribution is 5.67. The van der Waals surface area contributed by atoms with Gasteiger partial charge in [-0.25, -0.2) is 0 Å². The molecule has 0 spiro atoms. The molecule has 32 heavy (non-hydrogen) atoms. The largest absolute Gasteiger partial charge is 0.496 e. The molecular weight excluding hydrogens is 420 g/mol. The molecule has 9 nitrogen and oxygen atoms in total. The maximum absolute atomic E-state index is 12.2. The number of carbonyl (C=O) groups is 1. The van der Waals surface area contributed by atoms with Crippen LogP contribution in [0.15, 0.2) is 30.3 Å². The fraction of sp³-hybridized carbons (Fsp3) is 0.435. The van der Waals surface area contributed by atoms with Gasteiger partial charge in [0.25, 0.3) is 0 Å². The molecule has 0 aromatic heterocycles. The van der Waals surface area contributed by atoms with Crippen LogP contribution in [0.5, 0.6) is 28.7 Å². The average Bonchev–Trinajstić information content (AvgIpc) is 3.54. The van der Waals surface area contributed by atoms with E-state index in [0.29, 0.717) is 35.4 Å². The highest BCUT2D eigenvalue weighted by Crippen LogP contribution is 2.57. The minimum atomic E-state index is -0.994. The molecule has 0 saturated carbocycles. The summed E-state index contributed by atoms with van der Waals surface area (Å²) in [6, 6.07) is 9.26. The predicted molar refractivity (Wildman–Crippen MR) is 107 cm³/mol. The summed E-state index contributed by atoms with van der Waals surface area (Å²) in [5.41, 5.74) is 0.636. The fourth-order valence-electron chi connectivity index (χ4n) is 5.06. The summed E-state index contributed by atoms with van der Waals surface area (Å²) in [7, 11) is 1.59. The smallest absolute Gasteiger partial charge is 0.303 e. The maximum atomic E-state index is 12.2. The molecule has 4 atom stereocenters. The molecule has 0 N–H and O–H groups in total.